The molecule has 0 bridgehead atoms. The summed E-state index contributed by atoms with van der Waals surface area (Å²) >= 11 is 0. The van der Waals surface area contributed by atoms with Gasteiger partial charge in [0.1, 0.15) is 6.61 Å². The van der Waals surface area contributed by atoms with Gasteiger partial charge in [-0.2, -0.15) is 4.31 Å². The summed E-state index contributed by atoms with van der Waals surface area (Å²) in [5, 5.41) is 0. The smallest absolute Gasteiger partial charge is 0.338 e. The predicted octanol–water partition coefficient (Wildman–Crippen LogP) is 2.20. The number of carbonyl (C=O) groups is 2. The van der Waals surface area contributed by atoms with Crippen LogP contribution in [0.1, 0.15) is 28.4 Å². The summed E-state index contributed by atoms with van der Waals surface area (Å²) in [6, 6.07) is 13.4. The number of amides is 1. The third-order valence-electron chi connectivity index (χ3n) is 4.90. The van der Waals surface area contributed by atoms with Gasteiger partial charge >= 0.3 is 5.97 Å². The maximum absolute atomic E-state index is 12.8. The summed E-state index contributed by atoms with van der Waals surface area (Å²) in [6.45, 7) is 4.86. The van der Waals surface area contributed by atoms with Crippen molar-refractivity contribution in [1.82, 2.24) is 9.21 Å². The number of sulfonamides is 1. The van der Waals surface area contributed by atoms with E-state index in [1.807, 2.05) is 31.2 Å². The Morgan fingerprint density at radius 2 is 1.52 bits per heavy atom. The molecule has 7 nitrogen and oxygen atoms in total. The molecular weight excluding hydrogens is 392 g/mol. The first-order valence-corrected chi connectivity index (χ1v) is 10.8. The van der Waals surface area contributed by atoms with Crippen molar-refractivity contribution in [2.75, 3.05) is 26.2 Å². The van der Waals surface area contributed by atoms with Gasteiger partial charge in [0.2, 0.25) is 15.9 Å². The molecule has 0 aromatic heterocycles. The molecule has 1 heterocycles. The Labute approximate surface area is 170 Å². The SMILES string of the molecule is CC(=O)N1CCN(S(=O)(=O)c2ccc(C(=O)OCc3ccc(C)cc3)cc2)CC1. The first kappa shape index (κ1) is 21.0. The Bertz CT molecular complexity index is 977. The predicted molar refractivity (Wildman–Crippen MR) is 108 cm³/mol. The number of hydrogen-bond donors (Lipinski definition) is 0. The highest BCUT2D eigenvalue weighted by molar-refractivity contribution is 7.89. The highest BCUT2D eigenvalue weighted by Crippen LogP contribution is 2.19. The van der Waals surface area contributed by atoms with Crippen molar-refractivity contribution in [3.8, 4) is 0 Å². The third kappa shape index (κ3) is 5.02. The molecule has 1 fully saturated rings. The molecular formula is C21H24N2O5S. The van der Waals surface area contributed by atoms with E-state index in [-0.39, 0.29) is 36.1 Å². The molecule has 2 aromatic carbocycles. The largest absolute Gasteiger partial charge is 0.457 e. The van der Waals surface area contributed by atoms with Crippen molar-refractivity contribution in [1.29, 1.82) is 0 Å². The number of hydrogen-bond acceptors (Lipinski definition) is 5. The van der Waals surface area contributed by atoms with E-state index in [2.05, 4.69) is 0 Å². The van der Waals surface area contributed by atoms with Gasteiger partial charge < -0.3 is 9.64 Å². The Kier molecular flexibility index (Phi) is 6.34. The molecule has 1 saturated heterocycles. The lowest BCUT2D eigenvalue weighted by atomic mass is 10.2. The Balaban J connectivity index is 1.62. The van der Waals surface area contributed by atoms with Crippen LogP contribution >= 0.6 is 0 Å². The van der Waals surface area contributed by atoms with Gasteiger partial charge in [-0.05, 0) is 36.8 Å². The second kappa shape index (κ2) is 8.75. The molecule has 0 unspecified atom stereocenters. The molecule has 0 radical (unpaired) electrons. The van der Waals surface area contributed by atoms with E-state index in [0.29, 0.717) is 13.1 Å². The zero-order chi connectivity index (χ0) is 21.0. The molecule has 1 amide bonds. The summed E-state index contributed by atoms with van der Waals surface area (Å²) in [5.41, 5.74) is 2.30. The number of nitrogens with zero attached hydrogens (tertiary/aromatic N) is 2. The molecule has 3 rings (SSSR count). The van der Waals surface area contributed by atoms with Gasteiger partial charge in [0.25, 0.3) is 0 Å². The van der Waals surface area contributed by atoms with E-state index < -0.39 is 16.0 Å². The van der Waals surface area contributed by atoms with Gasteiger partial charge in [0.05, 0.1) is 10.5 Å². The lowest BCUT2D eigenvalue weighted by Gasteiger charge is -2.33. The van der Waals surface area contributed by atoms with Crippen LogP contribution in [-0.4, -0.2) is 55.7 Å². The quantitative estimate of drug-likeness (QED) is 0.698. The standard InChI is InChI=1S/C21H24N2O5S/c1-16-3-5-18(6-4-16)15-28-21(25)19-7-9-20(10-8-19)29(26,27)23-13-11-22(12-14-23)17(2)24/h3-10H,11-15H2,1-2H3. The number of benzene rings is 2. The van der Waals surface area contributed by atoms with Crippen molar-refractivity contribution >= 4 is 21.9 Å². The van der Waals surface area contributed by atoms with Crippen LogP contribution in [0.25, 0.3) is 0 Å². The Hall–Kier alpha value is -2.71. The second-order valence-corrected chi connectivity index (χ2v) is 8.93. The molecule has 154 valence electrons. The van der Waals surface area contributed by atoms with Crippen LogP contribution in [0.15, 0.2) is 53.4 Å². The van der Waals surface area contributed by atoms with Gasteiger partial charge in [0.15, 0.2) is 0 Å². The van der Waals surface area contributed by atoms with Gasteiger partial charge in [-0.3, -0.25) is 4.79 Å². The minimum atomic E-state index is -3.67. The average Bonchev–Trinajstić information content (AvgIpc) is 2.73. The normalized spacial score (nSPS) is 15.2. The summed E-state index contributed by atoms with van der Waals surface area (Å²) in [6.07, 6.45) is 0. The van der Waals surface area contributed by atoms with Crippen LogP contribution in [-0.2, 0) is 26.2 Å². The Morgan fingerprint density at radius 1 is 0.931 bits per heavy atom. The highest BCUT2D eigenvalue weighted by atomic mass is 32.2. The third-order valence-corrected chi connectivity index (χ3v) is 6.82. The van der Waals surface area contributed by atoms with Crippen LogP contribution in [0.5, 0.6) is 0 Å². The fourth-order valence-electron chi connectivity index (χ4n) is 3.07. The molecule has 29 heavy (non-hydrogen) atoms. The molecule has 0 spiro atoms. The summed E-state index contributed by atoms with van der Waals surface area (Å²) in [4.78, 5) is 25.4. The van der Waals surface area contributed by atoms with Gasteiger partial charge in [-0.1, -0.05) is 29.8 Å². The lowest BCUT2D eigenvalue weighted by molar-refractivity contribution is -0.129. The highest BCUT2D eigenvalue weighted by Gasteiger charge is 2.29. The first-order valence-electron chi connectivity index (χ1n) is 9.36. The molecule has 1 aliphatic heterocycles. The molecule has 0 aliphatic carbocycles. The van der Waals surface area contributed by atoms with Gasteiger partial charge in [0, 0.05) is 33.1 Å². The monoisotopic (exact) mass is 416 g/mol. The number of piperazine rings is 1. The zero-order valence-corrected chi connectivity index (χ0v) is 17.3. The molecule has 2 aromatic rings. The molecule has 0 N–H and O–H groups in total. The second-order valence-electron chi connectivity index (χ2n) is 7.00. The topological polar surface area (TPSA) is 84.0 Å². The van der Waals surface area contributed by atoms with E-state index in [4.69, 9.17) is 4.74 Å². The summed E-state index contributed by atoms with van der Waals surface area (Å²) in [7, 11) is -3.67. The first-order chi connectivity index (χ1) is 13.8. The number of rotatable bonds is 5. The van der Waals surface area contributed by atoms with Crippen LogP contribution in [0.2, 0.25) is 0 Å². The van der Waals surface area contributed by atoms with E-state index in [0.717, 1.165) is 11.1 Å². The number of carbonyl (C=O) groups excluding carboxylic acids is 2. The Morgan fingerprint density at radius 3 is 2.07 bits per heavy atom. The van der Waals surface area contributed by atoms with Crippen molar-refractivity contribution in [2.45, 2.75) is 25.3 Å². The lowest BCUT2D eigenvalue weighted by Crippen LogP contribution is -2.49. The number of ether oxygens (including phenoxy) is 1. The fraction of sp³-hybridized carbons (Fsp3) is 0.333. The zero-order valence-electron chi connectivity index (χ0n) is 16.5. The maximum Gasteiger partial charge on any atom is 0.338 e. The van der Waals surface area contributed by atoms with Gasteiger partial charge in [-0.15, -0.1) is 0 Å². The van der Waals surface area contributed by atoms with E-state index in [1.165, 1.54) is 35.5 Å². The summed E-state index contributed by atoms with van der Waals surface area (Å²) < 4.78 is 32.2. The number of aryl methyl sites for hydroxylation is 1. The van der Waals surface area contributed by atoms with Crippen LogP contribution in [0.4, 0.5) is 0 Å². The van der Waals surface area contributed by atoms with Crippen LogP contribution in [0.3, 0.4) is 0 Å². The van der Waals surface area contributed by atoms with E-state index in [1.54, 1.807) is 4.90 Å². The van der Waals surface area contributed by atoms with E-state index in [9.17, 15) is 18.0 Å². The molecule has 8 heteroatoms. The summed E-state index contributed by atoms with van der Waals surface area (Å²) in [5.74, 6) is -0.569. The van der Waals surface area contributed by atoms with Crippen molar-refractivity contribution in [3.63, 3.8) is 0 Å². The minimum absolute atomic E-state index is 0.0597. The van der Waals surface area contributed by atoms with E-state index >= 15 is 0 Å². The van der Waals surface area contributed by atoms with Gasteiger partial charge in [-0.25, -0.2) is 13.2 Å². The average molecular weight is 416 g/mol. The van der Waals surface area contributed by atoms with Crippen LogP contribution in [0, 0.1) is 6.92 Å². The van der Waals surface area contributed by atoms with Crippen molar-refractivity contribution in [3.05, 3.63) is 65.2 Å². The maximum atomic E-state index is 12.8. The minimum Gasteiger partial charge on any atom is -0.457 e. The molecule has 1 aliphatic rings. The number of esters is 1. The van der Waals surface area contributed by atoms with Crippen molar-refractivity contribution < 1.29 is 22.7 Å². The van der Waals surface area contributed by atoms with Crippen LogP contribution < -0.4 is 0 Å². The fourth-order valence-corrected chi connectivity index (χ4v) is 4.49. The van der Waals surface area contributed by atoms with Crippen molar-refractivity contribution in [2.24, 2.45) is 0 Å². The molecule has 0 atom stereocenters. The molecule has 0 saturated carbocycles.